The van der Waals surface area contributed by atoms with Crippen LogP contribution >= 0.6 is 0 Å². The molecule has 1 aromatic heterocycles. The van der Waals surface area contributed by atoms with Crippen molar-refractivity contribution >= 4 is 28.1 Å². The smallest absolute Gasteiger partial charge is 0.214 e. The first-order chi connectivity index (χ1) is 10.6. The molecule has 1 N–H and O–H groups in total. The number of Topliss-reactive ketones (excluding diaryl/α,β-unsaturated/α-hetero) is 1. The first-order valence-electron chi connectivity index (χ1n) is 7.08. The number of fused-ring (bicyclic) bond motifs is 2. The molecule has 0 bridgehead atoms. The number of rotatable bonds is 1. The first kappa shape index (κ1) is 12.8. The van der Waals surface area contributed by atoms with Crippen LogP contribution in [0.2, 0.25) is 0 Å². The zero-order valence-electron chi connectivity index (χ0n) is 12.3. The number of aromatic hydroxyl groups is 1. The highest BCUT2D eigenvalue weighted by molar-refractivity contribution is 6.56. The molecule has 0 atom stereocenters. The van der Waals surface area contributed by atoms with E-state index in [1.165, 1.54) is 0 Å². The van der Waals surface area contributed by atoms with Gasteiger partial charge in [-0.2, -0.15) is 0 Å². The van der Waals surface area contributed by atoms with E-state index in [0.717, 1.165) is 16.5 Å². The molecule has 108 valence electrons. The van der Waals surface area contributed by atoms with Crippen LogP contribution in [0.3, 0.4) is 0 Å². The average Bonchev–Trinajstić information content (AvgIpc) is 2.96. The molecule has 1 aliphatic heterocycles. The quantitative estimate of drug-likeness (QED) is 0.745. The van der Waals surface area contributed by atoms with E-state index in [2.05, 4.69) is 4.99 Å². The Labute approximate surface area is 127 Å². The third-order valence-electron chi connectivity index (χ3n) is 4.16. The fourth-order valence-corrected chi connectivity index (χ4v) is 3.00. The fraction of sp³-hybridized carbons (Fsp3) is 0.111. The van der Waals surface area contributed by atoms with Crippen molar-refractivity contribution in [3.63, 3.8) is 0 Å². The van der Waals surface area contributed by atoms with Crippen LogP contribution < -0.4 is 0 Å². The number of benzene rings is 2. The maximum absolute atomic E-state index is 12.6. The predicted octanol–water partition coefficient (Wildman–Crippen LogP) is 3.51. The van der Waals surface area contributed by atoms with Gasteiger partial charge in [-0.15, -0.1) is 0 Å². The number of ketones is 1. The molecule has 0 aliphatic carbocycles. The Bertz CT molecular complexity index is 980. The Kier molecular flexibility index (Phi) is 2.51. The van der Waals surface area contributed by atoms with E-state index < -0.39 is 0 Å². The van der Waals surface area contributed by atoms with Crippen LogP contribution in [-0.4, -0.2) is 21.2 Å². The summed E-state index contributed by atoms with van der Waals surface area (Å²) in [5.74, 6) is -0.0699. The minimum Gasteiger partial charge on any atom is -0.494 e. The van der Waals surface area contributed by atoms with Crippen LogP contribution in [0.1, 0.15) is 21.5 Å². The number of aliphatic imine (C=N–C) groups is 1. The number of aryl methyl sites for hydroxylation is 2. The molecule has 0 radical (unpaired) electrons. The molecule has 0 unspecified atom stereocenters. The molecule has 0 saturated carbocycles. The summed E-state index contributed by atoms with van der Waals surface area (Å²) in [5.41, 5.74) is 4.06. The third kappa shape index (κ3) is 1.58. The number of para-hydroxylation sites is 1. The summed E-state index contributed by atoms with van der Waals surface area (Å²) in [4.78, 5) is 17.1. The lowest BCUT2D eigenvalue weighted by Gasteiger charge is -1.99. The van der Waals surface area contributed by atoms with E-state index in [0.29, 0.717) is 22.5 Å². The summed E-state index contributed by atoms with van der Waals surface area (Å²) in [6.45, 7) is 2.00. The maximum Gasteiger partial charge on any atom is 0.214 e. The normalized spacial score (nSPS) is 13.5. The van der Waals surface area contributed by atoms with Crippen LogP contribution in [-0.2, 0) is 7.05 Å². The van der Waals surface area contributed by atoms with Crippen LogP contribution in [0.15, 0.2) is 47.5 Å². The molecule has 0 amide bonds. The lowest BCUT2D eigenvalue weighted by Crippen LogP contribution is -2.11. The Morgan fingerprint density at radius 2 is 1.91 bits per heavy atom. The van der Waals surface area contributed by atoms with Crippen LogP contribution in [0.4, 0.5) is 5.69 Å². The van der Waals surface area contributed by atoms with Gasteiger partial charge in [-0.1, -0.05) is 24.3 Å². The molecule has 0 saturated heterocycles. The van der Waals surface area contributed by atoms with E-state index in [1.807, 2.05) is 43.3 Å². The van der Waals surface area contributed by atoms with Gasteiger partial charge in [0, 0.05) is 18.0 Å². The molecule has 0 fully saturated rings. The number of carbonyl (C=O) groups excluding carboxylic acids is 1. The number of aromatic nitrogens is 1. The van der Waals surface area contributed by atoms with E-state index in [-0.39, 0.29) is 11.7 Å². The molecule has 0 spiro atoms. The topological polar surface area (TPSA) is 54.6 Å². The van der Waals surface area contributed by atoms with Crippen molar-refractivity contribution in [2.75, 3.05) is 0 Å². The Morgan fingerprint density at radius 3 is 2.68 bits per heavy atom. The Morgan fingerprint density at radius 1 is 1.14 bits per heavy atom. The lowest BCUT2D eigenvalue weighted by atomic mass is 10.0. The van der Waals surface area contributed by atoms with Gasteiger partial charge in [0.05, 0.1) is 16.8 Å². The maximum atomic E-state index is 12.6. The van der Waals surface area contributed by atoms with Gasteiger partial charge >= 0.3 is 0 Å². The van der Waals surface area contributed by atoms with Crippen LogP contribution in [0, 0.1) is 6.92 Å². The van der Waals surface area contributed by atoms with Crippen molar-refractivity contribution in [1.29, 1.82) is 0 Å². The minimum absolute atomic E-state index is 0.0699. The monoisotopic (exact) mass is 290 g/mol. The molecule has 2 heterocycles. The van der Waals surface area contributed by atoms with E-state index in [4.69, 9.17) is 0 Å². The Hall–Kier alpha value is -2.88. The van der Waals surface area contributed by atoms with Gasteiger partial charge in [-0.25, -0.2) is 4.99 Å². The molecular weight excluding hydrogens is 276 g/mol. The van der Waals surface area contributed by atoms with Crippen molar-refractivity contribution in [3.05, 3.63) is 59.2 Å². The molecule has 4 heteroatoms. The van der Waals surface area contributed by atoms with Crippen molar-refractivity contribution < 1.29 is 9.90 Å². The second-order valence-corrected chi connectivity index (χ2v) is 5.58. The molecule has 1 aliphatic rings. The van der Waals surface area contributed by atoms with Crippen molar-refractivity contribution in [1.82, 2.24) is 4.57 Å². The largest absolute Gasteiger partial charge is 0.494 e. The van der Waals surface area contributed by atoms with Crippen molar-refractivity contribution in [3.8, 4) is 5.88 Å². The Balaban J connectivity index is 2.01. The van der Waals surface area contributed by atoms with Crippen molar-refractivity contribution in [2.45, 2.75) is 6.92 Å². The van der Waals surface area contributed by atoms with E-state index >= 15 is 0 Å². The zero-order valence-corrected chi connectivity index (χ0v) is 12.3. The summed E-state index contributed by atoms with van der Waals surface area (Å²) >= 11 is 0. The number of carbonyl (C=O) groups is 1. The molecule has 4 nitrogen and oxygen atoms in total. The summed E-state index contributed by atoms with van der Waals surface area (Å²) in [6.07, 6.45) is 0. The van der Waals surface area contributed by atoms with Gasteiger partial charge in [0.25, 0.3) is 0 Å². The molecule has 3 aromatic rings. The van der Waals surface area contributed by atoms with Gasteiger partial charge in [0.2, 0.25) is 11.7 Å². The van der Waals surface area contributed by atoms with Gasteiger partial charge in [0.15, 0.2) is 0 Å². The molecule has 2 aromatic carbocycles. The van der Waals surface area contributed by atoms with Crippen LogP contribution in [0.5, 0.6) is 5.88 Å². The zero-order chi connectivity index (χ0) is 15.4. The van der Waals surface area contributed by atoms with E-state index in [1.54, 1.807) is 17.7 Å². The summed E-state index contributed by atoms with van der Waals surface area (Å²) in [6, 6.07) is 13.1. The second-order valence-electron chi connectivity index (χ2n) is 5.58. The van der Waals surface area contributed by atoms with E-state index in [9.17, 15) is 9.90 Å². The average molecular weight is 290 g/mol. The van der Waals surface area contributed by atoms with Crippen molar-refractivity contribution in [2.24, 2.45) is 12.0 Å². The number of hydrogen-bond acceptors (Lipinski definition) is 3. The highest BCUT2D eigenvalue weighted by Crippen LogP contribution is 2.36. The SMILES string of the molecule is Cc1ccc2c(C3=Nc4ccccc4C3=O)c(O)n(C)c2c1. The van der Waals surface area contributed by atoms with Crippen LogP contribution in [0.25, 0.3) is 10.9 Å². The predicted molar refractivity (Wildman–Crippen MR) is 86.3 cm³/mol. The second kappa shape index (κ2) is 4.31. The lowest BCUT2D eigenvalue weighted by molar-refractivity contribution is 0.107. The summed E-state index contributed by atoms with van der Waals surface area (Å²) in [7, 11) is 1.79. The highest BCUT2D eigenvalue weighted by Gasteiger charge is 2.30. The first-order valence-corrected chi connectivity index (χ1v) is 7.08. The van der Waals surface area contributed by atoms with Gasteiger partial charge in [0.1, 0.15) is 5.71 Å². The highest BCUT2D eigenvalue weighted by atomic mass is 16.3. The molecule has 22 heavy (non-hydrogen) atoms. The molecule has 4 rings (SSSR count). The minimum atomic E-state index is -0.140. The van der Waals surface area contributed by atoms with Gasteiger partial charge in [-0.3, -0.25) is 4.79 Å². The fourth-order valence-electron chi connectivity index (χ4n) is 3.00. The summed E-state index contributed by atoms with van der Waals surface area (Å²) < 4.78 is 1.69. The number of hydrogen-bond donors (Lipinski definition) is 1. The molecular formula is C18H14N2O2. The van der Waals surface area contributed by atoms with Gasteiger partial charge < -0.3 is 9.67 Å². The standard InChI is InChI=1S/C18H14N2O2/c1-10-7-8-12-14(9-10)20(2)18(22)15(12)16-17(21)11-5-3-4-6-13(11)19-16/h3-9,22H,1-2H3. The summed E-state index contributed by atoms with van der Waals surface area (Å²) in [5, 5.41) is 11.3. The third-order valence-corrected chi connectivity index (χ3v) is 4.16. The van der Waals surface area contributed by atoms with Gasteiger partial charge in [-0.05, 0) is 30.7 Å². The number of nitrogens with zero attached hydrogens (tertiary/aromatic N) is 2.